The fourth-order valence-electron chi connectivity index (χ4n) is 4.77. The zero-order valence-electron chi connectivity index (χ0n) is 24.7. The van der Waals surface area contributed by atoms with E-state index in [1.807, 2.05) is 36.4 Å². The number of hydrogen-bond acceptors (Lipinski definition) is 9. The molecule has 3 N–H and O–H groups in total. The van der Waals surface area contributed by atoms with E-state index in [1.165, 1.54) is 4.90 Å². The molecule has 0 unspecified atom stereocenters. The third kappa shape index (κ3) is 7.57. The Morgan fingerprint density at radius 1 is 0.977 bits per heavy atom. The van der Waals surface area contributed by atoms with Gasteiger partial charge in [0.1, 0.15) is 18.8 Å². The van der Waals surface area contributed by atoms with E-state index in [4.69, 9.17) is 19.9 Å². The minimum atomic E-state index is -1.14. The Morgan fingerprint density at radius 3 is 2.43 bits per heavy atom. The van der Waals surface area contributed by atoms with Crippen LogP contribution in [0.4, 0.5) is 4.79 Å². The van der Waals surface area contributed by atoms with Crippen LogP contribution in [0.3, 0.4) is 0 Å². The fraction of sp³-hybridized carbons (Fsp3) is 0.344. The Balaban J connectivity index is 1.26. The molecule has 1 aliphatic rings. The van der Waals surface area contributed by atoms with Crippen LogP contribution in [0.2, 0.25) is 0 Å². The minimum absolute atomic E-state index is 0.0832. The maximum atomic E-state index is 13.0. The van der Waals surface area contributed by atoms with E-state index in [2.05, 4.69) is 15.5 Å². The van der Waals surface area contributed by atoms with Gasteiger partial charge in [0.15, 0.2) is 11.5 Å². The number of aromatic nitrogens is 3. The molecule has 4 aromatic rings. The number of rotatable bonds is 11. The highest BCUT2D eigenvalue weighted by Gasteiger charge is 2.31. The Kier molecular flexibility index (Phi) is 9.51. The monoisotopic (exact) mass is 600 g/mol. The van der Waals surface area contributed by atoms with Gasteiger partial charge in [0, 0.05) is 13.0 Å². The van der Waals surface area contributed by atoms with Gasteiger partial charge in [-0.1, -0.05) is 54.6 Å². The van der Waals surface area contributed by atoms with Crippen LogP contribution in [0.5, 0.6) is 0 Å². The topological polar surface area (TPSA) is 150 Å². The number of hydrogen-bond donors (Lipinski definition) is 2. The van der Waals surface area contributed by atoms with Gasteiger partial charge in [-0.05, 0) is 43.7 Å². The summed E-state index contributed by atoms with van der Waals surface area (Å²) in [7, 11) is 0. The molecule has 2 amide bonds. The highest BCUT2D eigenvalue weighted by Crippen LogP contribution is 2.20. The Hall–Kier alpha value is -4.81. The van der Waals surface area contributed by atoms with Crippen LogP contribution in [0.25, 0.3) is 5.65 Å². The zero-order chi connectivity index (χ0) is 31.1. The van der Waals surface area contributed by atoms with Gasteiger partial charge < -0.3 is 30.2 Å². The predicted octanol–water partition coefficient (Wildman–Crippen LogP) is 3.41. The Labute approximate surface area is 255 Å². The molecular formula is C32H36N6O6. The SMILES string of the molecule is CC(C)(N)C(=O)N[C@H](COCc1ccccc1)c1nnc2cccc(COC(=O)N3CC[C@H](OC(=O)c4ccccc4)C3)n12. The van der Waals surface area contributed by atoms with Crippen molar-refractivity contribution in [2.45, 2.75) is 51.2 Å². The summed E-state index contributed by atoms with van der Waals surface area (Å²) in [6, 6.07) is 23.1. The summed E-state index contributed by atoms with van der Waals surface area (Å²) in [6.45, 7) is 4.21. The molecule has 44 heavy (non-hydrogen) atoms. The number of carbonyl (C=O) groups is 3. The summed E-state index contributed by atoms with van der Waals surface area (Å²) in [5, 5.41) is 11.6. The predicted molar refractivity (Wildman–Crippen MR) is 160 cm³/mol. The molecule has 12 heteroatoms. The van der Waals surface area contributed by atoms with Crippen LogP contribution in [0.1, 0.15) is 53.7 Å². The van der Waals surface area contributed by atoms with Crippen molar-refractivity contribution >= 4 is 23.6 Å². The van der Waals surface area contributed by atoms with Gasteiger partial charge in [0.25, 0.3) is 0 Å². The molecule has 230 valence electrons. The molecule has 3 heterocycles. The first kappa shape index (κ1) is 30.6. The van der Waals surface area contributed by atoms with E-state index in [1.54, 1.807) is 60.7 Å². The lowest BCUT2D eigenvalue weighted by Crippen LogP contribution is -2.51. The van der Waals surface area contributed by atoms with E-state index < -0.39 is 29.7 Å². The Bertz CT molecular complexity index is 1590. The van der Waals surface area contributed by atoms with Crippen LogP contribution in [-0.2, 0) is 32.2 Å². The van der Waals surface area contributed by atoms with Crippen LogP contribution in [0, 0.1) is 0 Å². The third-order valence-electron chi connectivity index (χ3n) is 7.16. The van der Waals surface area contributed by atoms with Crippen molar-refractivity contribution in [2.75, 3.05) is 19.7 Å². The lowest BCUT2D eigenvalue weighted by Gasteiger charge is -2.24. The number of ether oxygens (including phenoxy) is 3. The molecule has 2 atom stereocenters. The summed E-state index contributed by atoms with van der Waals surface area (Å²) in [4.78, 5) is 39.8. The molecule has 0 bridgehead atoms. The second-order valence-corrected chi connectivity index (χ2v) is 11.2. The molecular weight excluding hydrogens is 564 g/mol. The van der Waals surface area contributed by atoms with Crippen molar-refractivity contribution in [2.24, 2.45) is 5.73 Å². The molecule has 2 aromatic heterocycles. The van der Waals surface area contributed by atoms with Crippen LogP contribution >= 0.6 is 0 Å². The van der Waals surface area contributed by atoms with E-state index in [0.717, 1.165) is 5.56 Å². The summed E-state index contributed by atoms with van der Waals surface area (Å²) in [6.07, 6.45) is -0.438. The van der Waals surface area contributed by atoms with Crippen molar-refractivity contribution in [3.63, 3.8) is 0 Å². The molecule has 0 spiro atoms. The molecule has 0 radical (unpaired) electrons. The number of amides is 2. The smallest absolute Gasteiger partial charge is 0.410 e. The van der Waals surface area contributed by atoms with E-state index in [-0.39, 0.29) is 25.7 Å². The average molecular weight is 601 g/mol. The molecule has 12 nitrogen and oxygen atoms in total. The molecule has 0 aliphatic carbocycles. The maximum Gasteiger partial charge on any atom is 0.410 e. The lowest BCUT2D eigenvalue weighted by atomic mass is 10.1. The van der Waals surface area contributed by atoms with Crippen molar-refractivity contribution in [1.29, 1.82) is 0 Å². The van der Waals surface area contributed by atoms with Gasteiger partial charge in [0.05, 0.1) is 36.6 Å². The van der Waals surface area contributed by atoms with Crippen LogP contribution < -0.4 is 11.1 Å². The van der Waals surface area contributed by atoms with Crippen LogP contribution in [0.15, 0.2) is 78.9 Å². The third-order valence-corrected chi connectivity index (χ3v) is 7.16. The molecule has 2 aromatic carbocycles. The van der Waals surface area contributed by atoms with Crippen molar-refractivity contribution in [3.8, 4) is 0 Å². The van der Waals surface area contributed by atoms with E-state index in [0.29, 0.717) is 42.3 Å². The quantitative estimate of drug-likeness (QED) is 0.247. The highest BCUT2D eigenvalue weighted by molar-refractivity contribution is 5.89. The van der Waals surface area contributed by atoms with Gasteiger partial charge in [-0.15, -0.1) is 10.2 Å². The number of benzene rings is 2. The number of nitrogens with two attached hydrogens (primary N) is 1. The van der Waals surface area contributed by atoms with Crippen molar-refractivity contribution < 1.29 is 28.6 Å². The second-order valence-electron chi connectivity index (χ2n) is 11.2. The second kappa shape index (κ2) is 13.7. The molecule has 1 aliphatic heterocycles. The van der Waals surface area contributed by atoms with Gasteiger partial charge in [-0.2, -0.15) is 0 Å². The van der Waals surface area contributed by atoms with Crippen molar-refractivity contribution in [3.05, 3.63) is 102 Å². The maximum absolute atomic E-state index is 13.0. The van der Waals surface area contributed by atoms with Gasteiger partial charge in [-0.25, -0.2) is 9.59 Å². The minimum Gasteiger partial charge on any atom is -0.457 e. The molecule has 1 fully saturated rings. The van der Waals surface area contributed by atoms with Gasteiger partial charge in [0.2, 0.25) is 5.91 Å². The number of nitrogens with zero attached hydrogens (tertiary/aromatic N) is 4. The molecule has 0 saturated carbocycles. The lowest BCUT2D eigenvalue weighted by molar-refractivity contribution is -0.126. The Morgan fingerprint density at radius 2 is 1.70 bits per heavy atom. The van der Waals surface area contributed by atoms with E-state index >= 15 is 0 Å². The number of pyridine rings is 1. The van der Waals surface area contributed by atoms with Crippen LogP contribution in [-0.4, -0.2) is 68.8 Å². The van der Waals surface area contributed by atoms with Crippen molar-refractivity contribution in [1.82, 2.24) is 24.8 Å². The highest BCUT2D eigenvalue weighted by atomic mass is 16.6. The summed E-state index contributed by atoms with van der Waals surface area (Å²) in [5.74, 6) is -0.403. The molecule has 1 saturated heterocycles. The summed E-state index contributed by atoms with van der Waals surface area (Å²) in [5.41, 5.74) is 7.47. The first-order valence-corrected chi connectivity index (χ1v) is 14.4. The largest absolute Gasteiger partial charge is 0.457 e. The number of esters is 1. The summed E-state index contributed by atoms with van der Waals surface area (Å²) >= 11 is 0. The van der Waals surface area contributed by atoms with E-state index in [9.17, 15) is 14.4 Å². The number of likely N-dealkylation sites (tertiary alicyclic amines) is 1. The standard InChI is InChI=1S/C32H36N6O6/c1-32(2,33)30(40)34-26(21-42-19-22-10-5-3-6-11-22)28-36-35-27-15-9-14-24(38(27)28)20-43-31(41)37-17-16-25(18-37)44-29(39)23-12-7-4-8-13-23/h3-15,25-26H,16-21,33H2,1-2H3,(H,34,40)/t25-,26+/m0/s1. The normalized spacial score (nSPS) is 15.6. The number of fused-ring (bicyclic) bond motifs is 1. The average Bonchev–Trinajstić information content (AvgIpc) is 3.68. The number of nitrogens with one attached hydrogen (secondary N) is 1. The van der Waals surface area contributed by atoms with Gasteiger partial charge in [-0.3, -0.25) is 9.20 Å². The summed E-state index contributed by atoms with van der Waals surface area (Å²) < 4.78 is 19.0. The first-order valence-electron chi connectivity index (χ1n) is 14.4. The first-order chi connectivity index (χ1) is 21.2. The molecule has 5 rings (SSSR count). The number of carbonyl (C=O) groups excluding carboxylic acids is 3. The van der Waals surface area contributed by atoms with Gasteiger partial charge >= 0.3 is 12.1 Å². The fourth-order valence-corrected chi connectivity index (χ4v) is 4.77. The zero-order valence-corrected chi connectivity index (χ0v) is 24.7.